The van der Waals surface area contributed by atoms with Crippen molar-refractivity contribution in [2.24, 2.45) is 0 Å². The Kier molecular flexibility index (Phi) is 3.06. The van der Waals surface area contributed by atoms with Gasteiger partial charge in [0.15, 0.2) is 0 Å². The summed E-state index contributed by atoms with van der Waals surface area (Å²) in [4.78, 5) is 10.4. The van der Waals surface area contributed by atoms with Gasteiger partial charge in [0.25, 0.3) is 0 Å². The van der Waals surface area contributed by atoms with Crippen LogP contribution >= 0.6 is 0 Å². The molecule has 0 aromatic carbocycles. The van der Waals surface area contributed by atoms with Gasteiger partial charge in [-0.15, -0.1) is 0 Å². The fourth-order valence-electron chi connectivity index (χ4n) is 2.05. The molecule has 4 nitrogen and oxygen atoms in total. The molecule has 1 atom stereocenters. The van der Waals surface area contributed by atoms with E-state index < -0.39 is 5.97 Å². The summed E-state index contributed by atoms with van der Waals surface area (Å²) < 4.78 is 5.36. The monoisotopic (exact) mass is 209 g/mol. The lowest BCUT2D eigenvalue weighted by Gasteiger charge is -2.22. The van der Waals surface area contributed by atoms with Crippen LogP contribution in [0.4, 0.5) is 0 Å². The molecule has 2 rings (SSSR count). The first-order chi connectivity index (χ1) is 7.27. The van der Waals surface area contributed by atoms with E-state index >= 15 is 0 Å². The van der Waals surface area contributed by atoms with Gasteiger partial charge in [-0.3, -0.25) is 4.79 Å². The molecule has 1 unspecified atom stereocenters. The van der Waals surface area contributed by atoms with Crippen molar-refractivity contribution in [1.29, 1.82) is 0 Å². The van der Waals surface area contributed by atoms with Crippen molar-refractivity contribution < 1.29 is 14.3 Å². The van der Waals surface area contributed by atoms with E-state index in [0.29, 0.717) is 6.54 Å². The van der Waals surface area contributed by atoms with E-state index in [0.717, 1.165) is 25.0 Å². The van der Waals surface area contributed by atoms with Crippen LogP contribution in [0, 0.1) is 0 Å². The Bertz CT molecular complexity index is 345. The van der Waals surface area contributed by atoms with Gasteiger partial charge in [0.2, 0.25) is 0 Å². The zero-order chi connectivity index (χ0) is 10.7. The summed E-state index contributed by atoms with van der Waals surface area (Å²) >= 11 is 0. The third-order valence-electron chi connectivity index (χ3n) is 2.78. The van der Waals surface area contributed by atoms with Crippen molar-refractivity contribution in [3.8, 4) is 0 Å². The van der Waals surface area contributed by atoms with Crippen molar-refractivity contribution in [1.82, 2.24) is 5.32 Å². The molecule has 0 aliphatic heterocycles. The molecule has 0 bridgehead atoms. The molecule has 0 saturated heterocycles. The molecule has 2 N–H and O–H groups in total. The van der Waals surface area contributed by atoms with E-state index in [-0.39, 0.29) is 12.5 Å². The number of aryl methyl sites for hydroxylation is 1. The average molecular weight is 209 g/mol. The number of hydrogen-bond donors (Lipinski definition) is 2. The Balaban J connectivity index is 1.92. The highest BCUT2D eigenvalue weighted by Gasteiger charge is 2.21. The highest BCUT2D eigenvalue weighted by Crippen LogP contribution is 2.30. The normalized spacial score (nSPS) is 19.9. The maximum absolute atomic E-state index is 10.4. The Labute approximate surface area is 88.3 Å². The van der Waals surface area contributed by atoms with Crippen LogP contribution in [0.3, 0.4) is 0 Å². The Morgan fingerprint density at radius 2 is 2.53 bits per heavy atom. The fourth-order valence-corrected chi connectivity index (χ4v) is 2.05. The second-order valence-electron chi connectivity index (χ2n) is 3.84. The van der Waals surface area contributed by atoms with Gasteiger partial charge in [0.05, 0.1) is 12.7 Å². The topological polar surface area (TPSA) is 62.5 Å². The summed E-state index contributed by atoms with van der Waals surface area (Å²) in [7, 11) is 0. The summed E-state index contributed by atoms with van der Waals surface area (Å²) in [5.41, 5.74) is 1.20. The maximum Gasteiger partial charge on any atom is 0.304 e. The molecule has 15 heavy (non-hydrogen) atoms. The molecule has 1 heterocycles. The van der Waals surface area contributed by atoms with E-state index in [1.165, 1.54) is 5.56 Å². The van der Waals surface area contributed by atoms with Gasteiger partial charge in [-0.2, -0.15) is 0 Å². The smallest absolute Gasteiger partial charge is 0.304 e. The molecule has 1 aromatic heterocycles. The maximum atomic E-state index is 10.4. The molecule has 0 amide bonds. The van der Waals surface area contributed by atoms with Crippen molar-refractivity contribution in [2.45, 2.75) is 31.7 Å². The highest BCUT2D eigenvalue weighted by molar-refractivity contribution is 5.66. The van der Waals surface area contributed by atoms with Crippen LogP contribution in [0.5, 0.6) is 0 Å². The second-order valence-corrected chi connectivity index (χ2v) is 3.84. The predicted molar refractivity (Wildman–Crippen MR) is 54.6 cm³/mol. The van der Waals surface area contributed by atoms with Crippen molar-refractivity contribution in [3.05, 3.63) is 23.7 Å². The van der Waals surface area contributed by atoms with Crippen LogP contribution < -0.4 is 5.32 Å². The van der Waals surface area contributed by atoms with Gasteiger partial charge in [-0.05, 0) is 18.9 Å². The van der Waals surface area contributed by atoms with E-state index in [2.05, 4.69) is 5.32 Å². The lowest BCUT2D eigenvalue weighted by atomic mass is 9.93. The second kappa shape index (κ2) is 4.49. The minimum Gasteiger partial charge on any atom is -0.481 e. The van der Waals surface area contributed by atoms with Gasteiger partial charge in [-0.25, -0.2) is 0 Å². The minimum atomic E-state index is -0.759. The molecule has 0 radical (unpaired) electrons. The zero-order valence-corrected chi connectivity index (χ0v) is 8.53. The fraction of sp³-hybridized carbons (Fsp3) is 0.545. The van der Waals surface area contributed by atoms with Gasteiger partial charge in [-0.1, -0.05) is 0 Å². The highest BCUT2D eigenvalue weighted by atomic mass is 16.4. The molecule has 1 aliphatic rings. The van der Waals surface area contributed by atoms with Crippen LogP contribution in [0.1, 0.15) is 36.6 Å². The molecule has 0 fully saturated rings. The minimum absolute atomic E-state index is 0.170. The predicted octanol–water partition coefficient (Wildman–Crippen LogP) is 1.72. The first kappa shape index (κ1) is 10.2. The zero-order valence-electron chi connectivity index (χ0n) is 8.53. The number of rotatable bonds is 4. The number of fused-ring (bicyclic) bond motifs is 1. The third kappa shape index (κ3) is 2.39. The molecule has 4 heteroatoms. The van der Waals surface area contributed by atoms with E-state index in [1.54, 1.807) is 6.26 Å². The number of carboxylic acids is 1. The number of furan rings is 1. The average Bonchev–Trinajstić information content (AvgIpc) is 2.65. The van der Waals surface area contributed by atoms with Crippen LogP contribution in [0.25, 0.3) is 0 Å². The summed E-state index contributed by atoms with van der Waals surface area (Å²) in [6.07, 6.45) is 5.04. The number of hydrogen-bond acceptors (Lipinski definition) is 3. The Morgan fingerprint density at radius 3 is 3.33 bits per heavy atom. The van der Waals surface area contributed by atoms with Crippen LogP contribution in [-0.4, -0.2) is 17.6 Å². The summed E-state index contributed by atoms with van der Waals surface area (Å²) in [6, 6.07) is 2.25. The van der Waals surface area contributed by atoms with Crippen molar-refractivity contribution in [3.63, 3.8) is 0 Å². The lowest BCUT2D eigenvalue weighted by Crippen LogP contribution is -2.26. The van der Waals surface area contributed by atoms with Gasteiger partial charge in [0.1, 0.15) is 5.76 Å². The van der Waals surface area contributed by atoms with Crippen molar-refractivity contribution >= 4 is 5.97 Å². The largest absolute Gasteiger partial charge is 0.481 e. The number of nitrogens with one attached hydrogen (secondary N) is 1. The molecular weight excluding hydrogens is 194 g/mol. The molecule has 0 spiro atoms. The number of carbonyl (C=O) groups is 1. The van der Waals surface area contributed by atoms with Crippen LogP contribution in [-0.2, 0) is 11.2 Å². The lowest BCUT2D eigenvalue weighted by molar-refractivity contribution is -0.136. The third-order valence-corrected chi connectivity index (χ3v) is 2.78. The first-order valence-corrected chi connectivity index (χ1v) is 5.29. The SMILES string of the molecule is O=C(O)CCNC1CCCc2occc21. The van der Waals surface area contributed by atoms with E-state index in [1.807, 2.05) is 6.07 Å². The van der Waals surface area contributed by atoms with Crippen LogP contribution in [0.2, 0.25) is 0 Å². The van der Waals surface area contributed by atoms with E-state index in [4.69, 9.17) is 9.52 Å². The first-order valence-electron chi connectivity index (χ1n) is 5.29. The van der Waals surface area contributed by atoms with Gasteiger partial charge in [0, 0.05) is 24.6 Å². The standard InChI is InChI=1S/C11H15NO3/c13-11(14)4-6-12-9-2-1-3-10-8(9)5-7-15-10/h5,7,9,12H,1-4,6H2,(H,13,14). The molecule has 1 aromatic rings. The van der Waals surface area contributed by atoms with Gasteiger partial charge >= 0.3 is 5.97 Å². The number of carboxylic acid groups (broad SMARTS) is 1. The Morgan fingerprint density at radius 1 is 1.67 bits per heavy atom. The summed E-state index contributed by atoms with van der Waals surface area (Å²) in [5.74, 6) is 0.291. The summed E-state index contributed by atoms with van der Waals surface area (Å²) in [5, 5.41) is 11.8. The van der Waals surface area contributed by atoms with Gasteiger partial charge < -0.3 is 14.8 Å². The summed E-state index contributed by atoms with van der Waals surface area (Å²) in [6.45, 7) is 0.518. The molecular formula is C11H15NO3. The quantitative estimate of drug-likeness (QED) is 0.792. The molecule has 1 aliphatic carbocycles. The Hall–Kier alpha value is -1.29. The molecule has 0 saturated carbocycles. The van der Waals surface area contributed by atoms with Crippen molar-refractivity contribution in [2.75, 3.05) is 6.54 Å². The molecule has 82 valence electrons. The number of aliphatic carboxylic acids is 1. The van der Waals surface area contributed by atoms with Crippen LogP contribution in [0.15, 0.2) is 16.7 Å². The van der Waals surface area contributed by atoms with E-state index in [9.17, 15) is 4.79 Å².